The standard InChI is InChI=1S/C17H27NO/c1-5-18-17(12(2)3)16-8-6-7-13-11-14(19-4)9-10-15(13)16/h9-12,16-18H,5-8H2,1-4H3. The fourth-order valence-electron chi connectivity index (χ4n) is 3.41. The van der Waals surface area contributed by atoms with E-state index in [1.807, 2.05) is 0 Å². The molecule has 0 fully saturated rings. The van der Waals surface area contributed by atoms with Gasteiger partial charge in [-0.2, -0.15) is 0 Å². The van der Waals surface area contributed by atoms with E-state index in [9.17, 15) is 0 Å². The number of benzene rings is 1. The quantitative estimate of drug-likeness (QED) is 0.871. The highest BCUT2D eigenvalue weighted by atomic mass is 16.5. The summed E-state index contributed by atoms with van der Waals surface area (Å²) in [7, 11) is 1.75. The minimum absolute atomic E-state index is 0.581. The van der Waals surface area contributed by atoms with Gasteiger partial charge in [0, 0.05) is 6.04 Å². The highest BCUT2D eigenvalue weighted by Gasteiger charge is 2.29. The lowest BCUT2D eigenvalue weighted by Crippen LogP contribution is -2.40. The van der Waals surface area contributed by atoms with Crippen LogP contribution in [0.15, 0.2) is 18.2 Å². The van der Waals surface area contributed by atoms with Crippen LogP contribution in [0.3, 0.4) is 0 Å². The summed E-state index contributed by atoms with van der Waals surface area (Å²) in [6, 6.07) is 7.20. The van der Waals surface area contributed by atoms with Crippen molar-refractivity contribution in [2.24, 2.45) is 5.92 Å². The number of ether oxygens (including phenoxy) is 1. The first kappa shape index (κ1) is 14.4. The van der Waals surface area contributed by atoms with Gasteiger partial charge in [0.1, 0.15) is 5.75 Å². The lowest BCUT2D eigenvalue weighted by Gasteiger charge is -2.35. The molecule has 2 rings (SSSR count). The van der Waals surface area contributed by atoms with Gasteiger partial charge in [0.2, 0.25) is 0 Å². The molecule has 0 amide bonds. The van der Waals surface area contributed by atoms with Crippen molar-refractivity contribution >= 4 is 0 Å². The molecule has 1 aliphatic rings. The van der Waals surface area contributed by atoms with Crippen molar-refractivity contribution < 1.29 is 4.74 Å². The van der Waals surface area contributed by atoms with Gasteiger partial charge in [0.25, 0.3) is 0 Å². The molecule has 2 atom stereocenters. The Bertz CT molecular complexity index is 414. The van der Waals surface area contributed by atoms with Crippen LogP contribution in [-0.4, -0.2) is 19.7 Å². The summed E-state index contributed by atoms with van der Waals surface area (Å²) in [5, 5.41) is 3.69. The van der Waals surface area contributed by atoms with Gasteiger partial charge in [0.15, 0.2) is 0 Å². The van der Waals surface area contributed by atoms with Gasteiger partial charge >= 0.3 is 0 Å². The summed E-state index contributed by atoms with van der Waals surface area (Å²) in [6.07, 6.45) is 3.79. The van der Waals surface area contributed by atoms with Crippen LogP contribution in [0.1, 0.15) is 50.7 Å². The predicted molar refractivity (Wildman–Crippen MR) is 81.0 cm³/mol. The average molecular weight is 261 g/mol. The lowest BCUT2D eigenvalue weighted by molar-refractivity contribution is 0.321. The van der Waals surface area contributed by atoms with Crippen molar-refractivity contribution in [2.45, 2.75) is 52.0 Å². The molecule has 0 radical (unpaired) electrons. The van der Waals surface area contributed by atoms with Crippen LogP contribution in [0.25, 0.3) is 0 Å². The van der Waals surface area contributed by atoms with Gasteiger partial charge in [-0.25, -0.2) is 0 Å². The summed E-state index contributed by atoms with van der Waals surface area (Å²) in [5.74, 6) is 2.30. The van der Waals surface area contributed by atoms with Gasteiger partial charge in [-0.15, -0.1) is 0 Å². The largest absolute Gasteiger partial charge is 0.497 e. The minimum atomic E-state index is 0.581. The number of fused-ring (bicyclic) bond motifs is 1. The van der Waals surface area contributed by atoms with E-state index in [1.165, 1.54) is 30.4 Å². The minimum Gasteiger partial charge on any atom is -0.497 e. The van der Waals surface area contributed by atoms with Crippen molar-refractivity contribution in [2.75, 3.05) is 13.7 Å². The van der Waals surface area contributed by atoms with E-state index in [0.717, 1.165) is 12.3 Å². The molecule has 0 saturated heterocycles. The first-order chi connectivity index (χ1) is 9.17. The normalized spacial score (nSPS) is 20.2. The third-order valence-electron chi connectivity index (χ3n) is 4.30. The third-order valence-corrected chi connectivity index (χ3v) is 4.30. The molecule has 0 saturated carbocycles. The fraction of sp³-hybridized carbons (Fsp3) is 0.647. The zero-order valence-electron chi connectivity index (χ0n) is 12.7. The van der Waals surface area contributed by atoms with Gasteiger partial charge in [-0.05, 0) is 60.9 Å². The number of hydrogen-bond acceptors (Lipinski definition) is 2. The second-order valence-electron chi connectivity index (χ2n) is 5.89. The Morgan fingerprint density at radius 2 is 2.16 bits per heavy atom. The Morgan fingerprint density at radius 3 is 2.79 bits per heavy atom. The number of likely N-dealkylation sites (N-methyl/N-ethyl adjacent to an activating group) is 1. The Labute approximate surface area is 117 Å². The molecule has 1 aromatic carbocycles. The van der Waals surface area contributed by atoms with Crippen LogP contribution in [0.4, 0.5) is 0 Å². The van der Waals surface area contributed by atoms with Crippen LogP contribution in [0.2, 0.25) is 0 Å². The maximum absolute atomic E-state index is 5.36. The zero-order chi connectivity index (χ0) is 13.8. The molecule has 1 aliphatic carbocycles. The van der Waals surface area contributed by atoms with Crippen LogP contribution < -0.4 is 10.1 Å². The molecule has 0 heterocycles. The fourth-order valence-corrected chi connectivity index (χ4v) is 3.41. The molecule has 0 spiro atoms. The SMILES string of the molecule is CCNC(C(C)C)C1CCCc2cc(OC)ccc21. The maximum Gasteiger partial charge on any atom is 0.119 e. The third kappa shape index (κ3) is 3.11. The molecule has 2 unspecified atom stereocenters. The van der Waals surface area contributed by atoms with Crippen LogP contribution in [0.5, 0.6) is 5.75 Å². The number of nitrogens with one attached hydrogen (secondary N) is 1. The highest BCUT2D eigenvalue weighted by molar-refractivity contribution is 5.40. The molecule has 0 bridgehead atoms. The number of aryl methyl sites for hydroxylation is 1. The molecule has 2 nitrogen and oxygen atoms in total. The maximum atomic E-state index is 5.36. The highest BCUT2D eigenvalue weighted by Crippen LogP contribution is 2.37. The van der Waals surface area contributed by atoms with E-state index in [4.69, 9.17) is 4.74 Å². The first-order valence-electron chi connectivity index (χ1n) is 7.57. The molecule has 1 aromatic rings. The summed E-state index contributed by atoms with van der Waals surface area (Å²) in [4.78, 5) is 0. The van der Waals surface area contributed by atoms with Crippen molar-refractivity contribution in [3.63, 3.8) is 0 Å². The van der Waals surface area contributed by atoms with E-state index < -0.39 is 0 Å². The predicted octanol–water partition coefficient (Wildman–Crippen LogP) is 3.75. The van der Waals surface area contributed by atoms with Crippen molar-refractivity contribution in [3.05, 3.63) is 29.3 Å². The summed E-state index contributed by atoms with van der Waals surface area (Å²) >= 11 is 0. The van der Waals surface area contributed by atoms with Crippen molar-refractivity contribution in [1.82, 2.24) is 5.32 Å². The summed E-state index contributed by atoms with van der Waals surface area (Å²) in [6.45, 7) is 7.90. The van der Waals surface area contributed by atoms with Crippen LogP contribution in [0, 0.1) is 5.92 Å². The van der Waals surface area contributed by atoms with E-state index in [2.05, 4.69) is 44.3 Å². The van der Waals surface area contributed by atoms with E-state index >= 15 is 0 Å². The summed E-state index contributed by atoms with van der Waals surface area (Å²) in [5.41, 5.74) is 3.02. The molecule has 0 aromatic heterocycles. The molecule has 2 heteroatoms. The molecular weight excluding hydrogens is 234 g/mol. The van der Waals surface area contributed by atoms with E-state index in [-0.39, 0.29) is 0 Å². The van der Waals surface area contributed by atoms with Crippen molar-refractivity contribution in [1.29, 1.82) is 0 Å². The Morgan fingerprint density at radius 1 is 1.37 bits per heavy atom. The van der Waals surface area contributed by atoms with Gasteiger partial charge in [-0.3, -0.25) is 0 Å². The lowest BCUT2D eigenvalue weighted by atomic mass is 9.75. The van der Waals surface area contributed by atoms with Crippen molar-refractivity contribution in [3.8, 4) is 5.75 Å². The second kappa shape index (κ2) is 6.42. The van der Waals surface area contributed by atoms with Crippen LogP contribution in [-0.2, 0) is 6.42 Å². The van der Waals surface area contributed by atoms with Crippen LogP contribution >= 0.6 is 0 Å². The second-order valence-corrected chi connectivity index (χ2v) is 5.89. The number of rotatable bonds is 5. The molecule has 106 valence electrons. The average Bonchev–Trinajstić information content (AvgIpc) is 2.43. The van der Waals surface area contributed by atoms with E-state index in [0.29, 0.717) is 17.9 Å². The molecular formula is C17H27NO. The van der Waals surface area contributed by atoms with E-state index in [1.54, 1.807) is 7.11 Å². The number of methoxy groups -OCH3 is 1. The smallest absolute Gasteiger partial charge is 0.119 e. The topological polar surface area (TPSA) is 21.3 Å². The monoisotopic (exact) mass is 261 g/mol. The molecule has 1 N–H and O–H groups in total. The van der Waals surface area contributed by atoms with Gasteiger partial charge in [0.05, 0.1) is 7.11 Å². The van der Waals surface area contributed by atoms with Gasteiger partial charge < -0.3 is 10.1 Å². The zero-order valence-corrected chi connectivity index (χ0v) is 12.7. The Balaban J connectivity index is 2.30. The Hall–Kier alpha value is -1.02. The molecule has 19 heavy (non-hydrogen) atoms. The number of hydrogen-bond donors (Lipinski definition) is 1. The summed E-state index contributed by atoms with van der Waals surface area (Å²) < 4.78 is 5.36. The Kier molecular flexibility index (Phi) is 4.87. The van der Waals surface area contributed by atoms with Gasteiger partial charge in [-0.1, -0.05) is 26.8 Å². The molecule has 0 aliphatic heterocycles. The first-order valence-corrected chi connectivity index (χ1v) is 7.57.